The Morgan fingerprint density at radius 2 is 1.87 bits per heavy atom. The lowest BCUT2D eigenvalue weighted by Crippen LogP contribution is -2.49. The third-order valence-corrected chi connectivity index (χ3v) is 4.24. The van der Waals surface area contributed by atoms with E-state index >= 15 is 0 Å². The summed E-state index contributed by atoms with van der Waals surface area (Å²) in [4.78, 5) is 29.0. The molecular weight excluding hydrogens is 301 g/mol. The molecule has 1 aromatic heterocycles. The van der Waals surface area contributed by atoms with Gasteiger partial charge in [0.15, 0.2) is 0 Å². The zero-order chi connectivity index (χ0) is 16.4. The van der Waals surface area contributed by atoms with Crippen molar-refractivity contribution >= 4 is 5.91 Å². The van der Waals surface area contributed by atoms with Crippen molar-refractivity contribution < 1.29 is 13.9 Å². The smallest absolute Gasteiger partial charge is 0.323 e. The van der Waals surface area contributed by atoms with E-state index < -0.39 is 11.2 Å². The third kappa shape index (κ3) is 3.05. The molecule has 0 saturated carbocycles. The van der Waals surface area contributed by atoms with Crippen LogP contribution in [0.15, 0.2) is 29.1 Å². The summed E-state index contributed by atoms with van der Waals surface area (Å²) in [7, 11) is 0. The average Bonchev–Trinajstić information content (AvgIpc) is 2.87. The molecule has 0 atom stereocenters. The summed E-state index contributed by atoms with van der Waals surface area (Å²) in [5.74, 6) is -0.694. The monoisotopic (exact) mass is 319 g/mol. The molecule has 122 valence electrons. The number of ether oxygens (including phenoxy) is 1. The molecule has 0 spiro atoms. The second-order valence-corrected chi connectivity index (χ2v) is 5.73. The number of hydrogen-bond donors (Lipinski definition) is 3. The van der Waals surface area contributed by atoms with Crippen molar-refractivity contribution in [3.63, 3.8) is 0 Å². The van der Waals surface area contributed by atoms with Crippen LogP contribution in [0.3, 0.4) is 0 Å². The average molecular weight is 319 g/mol. The van der Waals surface area contributed by atoms with E-state index in [0.29, 0.717) is 31.7 Å². The van der Waals surface area contributed by atoms with Crippen LogP contribution in [0.1, 0.15) is 34.6 Å². The van der Waals surface area contributed by atoms with E-state index in [1.807, 2.05) is 0 Å². The molecule has 1 amide bonds. The molecule has 0 unspecified atom stereocenters. The van der Waals surface area contributed by atoms with Crippen molar-refractivity contribution in [3.05, 3.63) is 57.5 Å². The summed E-state index contributed by atoms with van der Waals surface area (Å²) >= 11 is 0. The maximum atomic E-state index is 13.2. The van der Waals surface area contributed by atoms with Gasteiger partial charge in [-0.05, 0) is 37.5 Å². The fourth-order valence-corrected chi connectivity index (χ4v) is 2.95. The first kappa shape index (κ1) is 15.5. The molecule has 2 heterocycles. The highest BCUT2D eigenvalue weighted by atomic mass is 19.1. The Morgan fingerprint density at radius 3 is 2.43 bits per heavy atom. The number of aromatic nitrogens is 2. The zero-order valence-corrected chi connectivity index (χ0v) is 12.7. The minimum absolute atomic E-state index is 0.211. The van der Waals surface area contributed by atoms with Crippen molar-refractivity contribution in [2.45, 2.75) is 25.3 Å². The fraction of sp³-hybridized carbons (Fsp3) is 0.375. The Kier molecular flexibility index (Phi) is 4.04. The van der Waals surface area contributed by atoms with E-state index in [1.165, 1.54) is 12.1 Å². The number of aryl methyl sites for hydroxylation is 1. The normalized spacial score (nSPS) is 17.0. The van der Waals surface area contributed by atoms with Crippen LogP contribution in [0.4, 0.5) is 4.39 Å². The highest BCUT2D eigenvalue weighted by Gasteiger charge is 2.36. The summed E-state index contributed by atoms with van der Waals surface area (Å²) in [6.07, 6.45) is 1.16. The van der Waals surface area contributed by atoms with Gasteiger partial charge in [0, 0.05) is 18.9 Å². The summed E-state index contributed by atoms with van der Waals surface area (Å²) < 4.78 is 18.6. The molecule has 0 bridgehead atoms. The van der Waals surface area contributed by atoms with Crippen LogP contribution in [0.5, 0.6) is 0 Å². The van der Waals surface area contributed by atoms with E-state index in [-0.39, 0.29) is 17.4 Å². The second-order valence-electron chi connectivity index (χ2n) is 5.73. The van der Waals surface area contributed by atoms with E-state index in [9.17, 15) is 14.0 Å². The predicted molar refractivity (Wildman–Crippen MR) is 81.7 cm³/mol. The molecule has 1 aliphatic heterocycles. The van der Waals surface area contributed by atoms with Gasteiger partial charge in [-0.2, -0.15) is 0 Å². The highest BCUT2D eigenvalue weighted by molar-refractivity contribution is 5.93. The molecular formula is C16H18FN3O3. The maximum absolute atomic E-state index is 13.2. The lowest BCUT2D eigenvalue weighted by molar-refractivity contribution is 0.0344. The van der Waals surface area contributed by atoms with Crippen molar-refractivity contribution in [2.75, 3.05) is 13.2 Å². The number of benzene rings is 1. The number of hydrogen-bond acceptors (Lipinski definition) is 3. The minimum atomic E-state index is -0.635. The van der Waals surface area contributed by atoms with Crippen LogP contribution < -0.4 is 11.0 Å². The molecule has 1 fully saturated rings. The van der Waals surface area contributed by atoms with Crippen LogP contribution in [-0.2, 0) is 10.3 Å². The van der Waals surface area contributed by atoms with Gasteiger partial charge >= 0.3 is 5.69 Å². The molecule has 0 aliphatic carbocycles. The summed E-state index contributed by atoms with van der Waals surface area (Å²) in [5, 5.41) is 3.01. The maximum Gasteiger partial charge on any atom is 0.323 e. The van der Waals surface area contributed by atoms with Crippen molar-refractivity contribution in [2.24, 2.45) is 0 Å². The Bertz CT molecular complexity index is 758. The Hall–Kier alpha value is -2.41. The first-order valence-electron chi connectivity index (χ1n) is 7.45. The van der Waals surface area contributed by atoms with Crippen molar-refractivity contribution in [1.29, 1.82) is 0 Å². The van der Waals surface area contributed by atoms with Crippen LogP contribution in [0, 0.1) is 12.7 Å². The van der Waals surface area contributed by atoms with Crippen molar-refractivity contribution in [1.82, 2.24) is 15.3 Å². The number of nitrogens with one attached hydrogen (secondary N) is 3. The van der Waals surface area contributed by atoms with E-state index in [2.05, 4.69) is 15.3 Å². The first-order chi connectivity index (χ1) is 11.0. The number of imidazole rings is 1. The number of carbonyl (C=O) groups is 1. The lowest BCUT2D eigenvalue weighted by Gasteiger charge is -2.38. The number of rotatable bonds is 3. The van der Waals surface area contributed by atoms with Crippen molar-refractivity contribution in [3.8, 4) is 0 Å². The fourth-order valence-electron chi connectivity index (χ4n) is 2.95. The second kappa shape index (κ2) is 6.00. The molecule has 3 rings (SSSR count). The molecule has 1 aliphatic rings. The van der Waals surface area contributed by atoms with Gasteiger partial charge in [-0.3, -0.25) is 4.79 Å². The van der Waals surface area contributed by atoms with Gasteiger partial charge in [-0.15, -0.1) is 0 Å². The minimum Gasteiger partial charge on any atom is -0.381 e. The predicted octanol–water partition coefficient (Wildman–Crippen LogP) is 1.59. The van der Waals surface area contributed by atoms with Gasteiger partial charge < -0.3 is 20.0 Å². The third-order valence-electron chi connectivity index (χ3n) is 4.24. The Morgan fingerprint density at radius 1 is 1.22 bits per heavy atom. The van der Waals surface area contributed by atoms with Gasteiger partial charge in [-0.1, -0.05) is 12.1 Å². The standard InChI is InChI=1S/C16H18FN3O3/c1-10-13(19-15(22)18-10)14(21)20-16(6-8-23-9-7-16)11-2-4-12(17)5-3-11/h2-5H,6-9H2,1H3,(H,20,21)(H2,18,19,22). The summed E-state index contributed by atoms with van der Waals surface area (Å²) in [5.41, 5.74) is 0.460. The number of aromatic amines is 2. The number of amides is 1. The van der Waals surface area contributed by atoms with Gasteiger partial charge in [0.05, 0.1) is 5.54 Å². The Labute approximate surface area is 132 Å². The molecule has 23 heavy (non-hydrogen) atoms. The van der Waals surface area contributed by atoms with E-state index in [4.69, 9.17) is 4.74 Å². The summed E-state index contributed by atoms with van der Waals surface area (Å²) in [6.45, 7) is 2.65. The van der Waals surface area contributed by atoms with Crippen LogP contribution >= 0.6 is 0 Å². The zero-order valence-electron chi connectivity index (χ0n) is 12.7. The van der Waals surface area contributed by atoms with Crippen LogP contribution in [0.25, 0.3) is 0 Å². The van der Waals surface area contributed by atoms with Gasteiger partial charge in [0.25, 0.3) is 5.91 Å². The quantitative estimate of drug-likeness (QED) is 0.803. The first-order valence-corrected chi connectivity index (χ1v) is 7.45. The molecule has 6 nitrogen and oxygen atoms in total. The lowest BCUT2D eigenvalue weighted by atomic mass is 9.82. The van der Waals surface area contributed by atoms with Crippen LogP contribution in [0.2, 0.25) is 0 Å². The van der Waals surface area contributed by atoms with E-state index in [1.54, 1.807) is 19.1 Å². The molecule has 7 heteroatoms. The van der Waals surface area contributed by atoms with Gasteiger partial charge in [0.2, 0.25) is 0 Å². The number of halogens is 1. The molecule has 2 aromatic rings. The van der Waals surface area contributed by atoms with Gasteiger partial charge in [-0.25, -0.2) is 9.18 Å². The summed E-state index contributed by atoms with van der Waals surface area (Å²) in [6, 6.07) is 6.10. The van der Waals surface area contributed by atoms with E-state index in [0.717, 1.165) is 5.56 Å². The van der Waals surface area contributed by atoms with Gasteiger partial charge in [0.1, 0.15) is 11.5 Å². The molecule has 1 aromatic carbocycles. The van der Waals surface area contributed by atoms with Crippen LogP contribution in [-0.4, -0.2) is 29.1 Å². The molecule has 3 N–H and O–H groups in total. The number of carbonyl (C=O) groups excluding carboxylic acids is 1. The Balaban J connectivity index is 1.93. The highest BCUT2D eigenvalue weighted by Crippen LogP contribution is 2.32. The largest absolute Gasteiger partial charge is 0.381 e. The topological polar surface area (TPSA) is 87.0 Å². The molecule has 0 radical (unpaired) electrons. The molecule has 1 saturated heterocycles. The number of H-pyrrole nitrogens is 2. The SMILES string of the molecule is Cc1[nH]c(=O)[nH]c1C(=O)NC1(c2ccc(F)cc2)CCOCC1.